The summed E-state index contributed by atoms with van der Waals surface area (Å²) in [5.74, 6) is -0.150. The summed E-state index contributed by atoms with van der Waals surface area (Å²) in [7, 11) is 0. The first-order valence-corrected chi connectivity index (χ1v) is 10.2. The van der Waals surface area contributed by atoms with Crippen LogP contribution in [0.15, 0.2) is 0 Å². The zero-order valence-electron chi connectivity index (χ0n) is 7.48. The molecule has 0 atom stereocenters. The molecular weight excluding hydrogens is 339 g/mol. The zero-order chi connectivity index (χ0) is 10.4. The van der Waals surface area contributed by atoms with Gasteiger partial charge in [-0.1, -0.05) is 0 Å². The number of hydrogen-bond donors (Lipinski definition) is 0. The van der Waals surface area contributed by atoms with Gasteiger partial charge in [-0.15, -0.1) is 0 Å². The van der Waals surface area contributed by atoms with Crippen molar-refractivity contribution in [2.24, 2.45) is 0 Å². The molecule has 0 radical (unpaired) electrons. The molecule has 0 aliphatic heterocycles. The second kappa shape index (κ2) is 29.4. The van der Waals surface area contributed by atoms with Crippen molar-refractivity contribution in [2.45, 2.75) is 19.8 Å². The Bertz CT molecular complexity index is 106. The maximum absolute atomic E-state index is 10.4. The van der Waals surface area contributed by atoms with Gasteiger partial charge in [0, 0.05) is 6.42 Å². The fourth-order valence-corrected chi connectivity index (χ4v) is 0.377. The summed E-state index contributed by atoms with van der Waals surface area (Å²) in [6.07, 6.45) is 1.06. The van der Waals surface area contributed by atoms with E-state index in [4.69, 9.17) is 11.8 Å². The Kier molecular flexibility index (Phi) is 52.9. The molecule has 0 aromatic carbocycles. The number of carbonyl (C=O) groups excluding carboxylic acids is 1. The molecular formula is C7H11BrCuNO2Zn. The van der Waals surface area contributed by atoms with Crippen LogP contribution in [-0.2, 0) is 42.9 Å². The molecule has 0 unspecified atom stereocenters. The molecule has 13 heavy (non-hydrogen) atoms. The second-order valence-electron chi connectivity index (χ2n) is 1.41. The van der Waals surface area contributed by atoms with Gasteiger partial charge in [0.05, 0.1) is 6.61 Å². The van der Waals surface area contributed by atoms with Crippen LogP contribution in [0.3, 0.4) is 0 Å². The number of ether oxygens (including phenoxy) is 1. The predicted molar refractivity (Wildman–Crippen MR) is 45.1 cm³/mol. The van der Waals surface area contributed by atoms with Gasteiger partial charge in [-0.25, -0.2) is 0 Å². The Labute approximate surface area is 107 Å². The van der Waals surface area contributed by atoms with E-state index >= 15 is 0 Å². The Balaban J connectivity index is -0.0000000712. The van der Waals surface area contributed by atoms with Gasteiger partial charge in [-0.05, 0) is 6.92 Å². The van der Waals surface area contributed by atoms with E-state index in [1.54, 1.807) is 6.92 Å². The fourth-order valence-electron chi connectivity index (χ4n) is 0.377. The van der Waals surface area contributed by atoms with Gasteiger partial charge in [0.1, 0.15) is 0 Å². The molecule has 0 amide bonds. The summed E-state index contributed by atoms with van der Waals surface area (Å²) in [5.41, 5.74) is 0. The third kappa shape index (κ3) is 32.5. The van der Waals surface area contributed by atoms with Crippen LogP contribution < -0.4 is 0 Å². The van der Waals surface area contributed by atoms with E-state index in [2.05, 4.69) is 25.3 Å². The SMILES string of the molecule is [C-]#N.[CH2-]CCC(=O)OCC.[Cu+].[Zn+][Br]. The van der Waals surface area contributed by atoms with Crippen LogP contribution >= 0.6 is 13.6 Å². The van der Waals surface area contributed by atoms with Gasteiger partial charge in [0.15, 0.2) is 0 Å². The van der Waals surface area contributed by atoms with E-state index in [0.717, 1.165) is 0 Å². The molecule has 0 aliphatic carbocycles. The summed E-state index contributed by atoms with van der Waals surface area (Å²) in [6, 6.07) is 0. The van der Waals surface area contributed by atoms with Gasteiger partial charge in [0.25, 0.3) is 0 Å². The van der Waals surface area contributed by atoms with Crippen molar-refractivity contribution in [3.63, 3.8) is 0 Å². The summed E-state index contributed by atoms with van der Waals surface area (Å²) < 4.78 is 4.60. The van der Waals surface area contributed by atoms with Crippen LogP contribution in [0.5, 0.6) is 0 Å². The number of rotatable bonds is 3. The van der Waals surface area contributed by atoms with Crippen molar-refractivity contribution in [3.8, 4) is 0 Å². The van der Waals surface area contributed by atoms with Crippen molar-refractivity contribution < 1.29 is 42.9 Å². The number of hydrogen-bond acceptors (Lipinski definition) is 3. The maximum atomic E-state index is 10.4. The van der Waals surface area contributed by atoms with Crippen LogP contribution in [0.25, 0.3) is 0 Å². The summed E-state index contributed by atoms with van der Waals surface area (Å²) in [6.45, 7) is 10.5. The van der Waals surface area contributed by atoms with Crippen molar-refractivity contribution >= 4 is 19.6 Å². The van der Waals surface area contributed by atoms with Gasteiger partial charge in [0.2, 0.25) is 0 Å². The van der Waals surface area contributed by atoms with Gasteiger partial charge < -0.3 is 23.5 Å². The summed E-state index contributed by atoms with van der Waals surface area (Å²) >= 11 is 4.25. The predicted octanol–water partition coefficient (Wildman–Crippen LogP) is 2.10. The van der Waals surface area contributed by atoms with Gasteiger partial charge >= 0.3 is 53.0 Å². The van der Waals surface area contributed by atoms with E-state index in [1.807, 2.05) is 0 Å². The molecule has 0 saturated carbocycles. The zero-order valence-corrected chi connectivity index (χ0v) is 13.0. The van der Waals surface area contributed by atoms with Crippen LogP contribution in [0, 0.1) is 18.8 Å². The van der Waals surface area contributed by atoms with Gasteiger partial charge in [-0.2, -0.15) is 6.42 Å². The number of nitrogens with zero attached hydrogens (tertiary/aromatic N) is 1. The molecule has 0 N–H and O–H groups in total. The minimum atomic E-state index is -0.150. The summed E-state index contributed by atoms with van der Waals surface area (Å²) in [4.78, 5) is 10.4. The Morgan fingerprint density at radius 1 is 1.62 bits per heavy atom. The van der Waals surface area contributed by atoms with Crippen molar-refractivity contribution in [2.75, 3.05) is 6.61 Å². The van der Waals surface area contributed by atoms with Crippen molar-refractivity contribution in [3.05, 3.63) is 13.5 Å². The molecule has 0 rings (SSSR count). The third-order valence-electron chi connectivity index (χ3n) is 0.686. The third-order valence-corrected chi connectivity index (χ3v) is 0.686. The van der Waals surface area contributed by atoms with E-state index in [-0.39, 0.29) is 23.0 Å². The molecule has 6 heteroatoms. The summed E-state index contributed by atoms with van der Waals surface area (Å²) in [5, 5.41) is 6.25. The first-order chi connectivity index (χ1) is 5.81. The van der Waals surface area contributed by atoms with E-state index in [1.165, 1.54) is 16.3 Å². The molecule has 0 aliphatic rings. The minimum absolute atomic E-state index is 0. The monoisotopic (exact) mass is 347 g/mol. The molecule has 76 valence electrons. The molecule has 0 spiro atoms. The first kappa shape index (κ1) is 23.4. The van der Waals surface area contributed by atoms with Crippen LogP contribution in [0.1, 0.15) is 19.8 Å². The van der Waals surface area contributed by atoms with Crippen molar-refractivity contribution in [1.82, 2.24) is 0 Å². The van der Waals surface area contributed by atoms with Crippen molar-refractivity contribution in [1.29, 1.82) is 5.26 Å². The van der Waals surface area contributed by atoms with Crippen LogP contribution in [0.2, 0.25) is 0 Å². The number of esters is 1. The Morgan fingerprint density at radius 3 is 2.23 bits per heavy atom. The van der Waals surface area contributed by atoms with Gasteiger partial charge in [-0.3, -0.25) is 4.79 Å². The molecule has 0 aromatic heterocycles. The van der Waals surface area contributed by atoms with E-state index < -0.39 is 0 Å². The Morgan fingerprint density at radius 2 is 2.00 bits per heavy atom. The quantitative estimate of drug-likeness (QED) is 0.445. The van der Waals surface area contributed by atoms with E-state index in [9.17, 15) is 4.79 Å². The standard InChI is InChI=1S/C6H11O2.CN.BrH.Cu.Zn/c1-3-5-6(7)8-4-2;1-2;;;/h1,3-5H2,2H3;;1H;;/q2*-1;;+1;+2/p-1. The second-order valence-corrected chi connectivity index (χ2v) is 1.41. The average Bonchev–Trinajstić information content (AvgIpc) is 2.12. The fraction of sp³-hybridized carbons (Fsp3) is 0.571. The molecule has 0 fully saturated rings. The molecule has 3 nitrogen and oxygen atoms in total. The Hall–Kier alpha value is 0.583. The molecule has 0 aromatic rings. The van der Waals surface area contributed by atoms with E-state index in [0.29, 0.717) is 19.4 Å². The molecule has 0 saturated heterocycles. The first-order valence-electron chi connectivity index (χ1n) is 3.25. The molecule has 0 heterocycles. The topological polar surface area (TPSA) is 50.1 Å². The molecule has 0 bridgehead atoms. The number of halogens is 1. The normalized spacial score (nSPS) is 6.08. The van der Waals surface area contributed by atoms with Crippen LogP contribution in [-0.4, -0.2) is 12.6 Å². The average molecular weight is 350 g/mol. The number of carbonyl (C=O) groups is 1. The van der Waals surface area contributed by atoms with Crippen LogP contribution in [0.4, 0.5) is 0 Å².